The highest BCUT2D eigenvalue weighted by Crippen LogP contribution is 2.37. The van der Waals surface area contributed by atoms with Crippen molar-refractivity contribution in [3.05, 3.63) is 70.3 Å². The molecule has 1 saturated carbocycles. The molecule has 1 aliphatic carbocycles. The monoisotopic (exact) mass is 279 g/mol. The van der Waals surface area contributed by atoms with Crippen LogP contribution in [-0.2, 0) is 0 Å². The smallest absolute Gasteiger partial charge is 0.0576 e. The second-order valence-electron chi connectivity index (χ2n) is 6.38. The van der Waals surface area contributed by atoms with Crippen LogP contribution in [0.2, 0.25) is 0 Å². The maximum absolute atomic E-state index is 3.48. The van der Waals surface area contributed by atoms with Gasteiger partial charge in [-0.05, 0) is 61.9 Å². The normalized spacial score (nSPS) is 16.5. The molecule has 0 radical (unpaired) electrons. The number of benzene rings is 2. The van der Waals surface area contributed by atoms with E-state index in [2.05, 4.69) is 61.6 Å². The molecule has 1 fully saturated rings. The number of hydrogen-bond donors (Lipinski definition) is 1. The fraction of sp³-hybridized carbons (Fsp3) is 0.400. The largest absolute Gasteiger partial charge is 0.309 e. The third kappa shape index (κ3) is 2.89. The molecule has 2 aromatic carbocycles. The molecule has 1 heteroatoms. The van der Waals surface area contributed by atoms with Gasteiger partial charge in [0.2, 0.25) is 0 Å². The van der Waals surface area contributed by atoms with E-state index in [1.54, 1.807) is 0 Å². The number of aryl methyl sites for hydroxylation is 2. The molecule has 0 saturated heterocycles. The summed E-state index contributed by atoms with van der Waals surface area (Å²) in [6, 6.07) is 16.2. The van der Waals surface area contributed by atoms with Crippen LogP contribution in [0.15, 0.2) is 42.5 Å². The summed E-state index contributed by atoms with van der Waals surface area (Å²) in [5.74, 6) is 0.813. The van der Waals surface area contributed by atoms with Crippen LogP contribution in [0.3, 0.4) is 0 Å². The predicted octanol–water partition coefficient (Wildman–Crippen LogP) is 4.88. The second-order valence-corrected chi connectivity index (χ2v) is 6.38. The van der Waals surface area contributed by atoms with Gasteiger partial charge in [0, 0.05) is 0 Å². The van der Waals surface area contributed by atoms with Crippen molar-refractivity contribution in [3.63, 3.8) is 0 Å². The molecule has 3 rings (SSSR count). The highest BCUT2D eigenvalue weighted by molar-refractivity contribution is 5.40. The highest BCUT2D eigenvalue weighted by atomic mass is 14.9. The van der Waals surface area contributed by atoms with E-state index in [9.17, 15) is 0 Å². The topological polar surface area (TPSA) is 12.0 Å². The first kappa shape index (κ1) is 14.3. The number of rotatable bonds is 4. The Morgan fingerprint density at radius 1 is 1.00 bits per heavy atom. The summed E-state index contributed by atoms with van der Waals surface area (Å²) in [4.78, 5) is 0. The molecule has 1 nitrogen and oxygen atoms in total. The third-order valence-electron chi connectivity index (χ3n) is 4.88. The molecule has 0 aliphatic heterocycles. The van der Waals surface area contributed by atoms with Gasteiger partial charge in [0.1, 0.15) is 0 Å². The molecular formula is C20H25N. The third-order valence-corrected chi connectivity index (χ3v) is 4.88. The average molecular weight is 279 g/mol. The summed E-state index contributed by atoms with van der Waals surface area (Å²) in [6.07, 6.45) is 4.13. The van der Waals surface area contributed by atoms with Crippen molar-refractivity contribution in [1.29, 1.82) is 0 Å². The molecule has 1 aliphatic rings. The van der Waals surface area contributed by atoms with Crippen LogP contribution in [0.25, 0.3) is 0 Å². The maximum Gasteiger partial charge on any atom is 0.0576 e. The van der Waals surface area contributed by atoms with Crippen molar-refractivity contribution >= 4 is 0 Å². The maximum atomic E-state index is 3.48. The molecule has 1 N–H and O–H groups in total. The summed E-state index contributed by atoms with van der Waals surface area (Å²) >= 11 is 0. The van der Waals surface area contributed by atoms with E-state index >= 15 is 0 Å². The van der Waals surface area contributed by atoms with E-state index < -0.39 is 0 Å². The van der Waals surface area contributed by atoms with E-state index in [1.807, 2.05) is 7.05 Å². The van der Waals surface area contributed by atoms with Crippen LogP contribution >= 0.6 is 0 Å². The first-order valence-electron chi connectivity index (χ1n) is 8.03. The Morgan fingerprint density at radius 2 is 1.71 bits per heavy atom. The average Bonchev–Trinajstić information content (AvgIpc) is 2.43. The van der Waals surface area contributed by atoms with E-state index in [0.29, 0.717) is 0 Å². The highest BCUT2D eigenvalue weighted by Gasteiger charge is 2.20. The van der Waals surface area contributed by atoms with Gasteiger partial charge in [-0.1, -0.05) is 54.4 Å². The van der Waals surface area contributed by atoms with Gasteiger partial charge in [-0.25, -0.2) is 0 Å². The molecule has 0 amide bonds. The van der Waals surface area contributed by atoms with Crippen LogP contribution < -0.4 is 5.32 Å². The summed E-state index contributed by atoms with van der Waals surface area (Å²) in [6.45, 7) is 4.36. The Balaban J connectivity index is 1.90. The minimum Gasteiger partial charge on any atom is -0.309 e. The van der Waals surface area contributed by atoms with Crippen molar-refractivity contribution in [2.45, 2.75) is 45.1 Å². The lowest BCUT2D eigenvalue weighted by Gasteiger charge is -2.26. The van der Waals surface area contributed by atoms with Gasteiger partial charge in [0.25, 0.3) is 0 Å². The molecule has 21 heavy (non-hydrogen) atoms. The van der Waals surface area contributed by atoms with Crippen molar-refractivity contribution in [3.8, 4) is 0 Å². The fourth-order valence-corrected chi connectivity index (χ4v) is 3.27. The minimum absolute atomic E-state index is 0.278. The Kier molecular flexibility index (Phi) is 4.12. The number of nitrogens with one attached hydrogen (secondary N) is 1. The van der Waals surface area contributed by atoms with Crippen molar-refractivity contribution in [2.24, 2.45) is 0 Å². The van der Waals surface area contributed by atoms with Gasteiger partial charge < -0.3 is 5.32 Å². The van der Waals surface area contributed by atoms with Crippen molar-refractivity contribution < 1.29 is 0 Å². The Hall–Kier alpha value is -1.60. The zero-order chi connectivity index (χ0) is 14.8. The van der Waals surface area contributed by atoms with Gasteiger partial charge in [-0.2, -0.15) is 0 Å². The molecule has 0 aromatic heterocycles. The fourth-order valence-electron chi connectivity index (χ4n) is 3.27. The Bertz CT molecular complexity index is 608. The van der Waals surface area contributed by atoms with Crippen LogP contribution in [0.1, 0.15) is 59.0 Å². The minimum atomic E-state index is 0.278. The molecule has 0 spiro atoms. The van der Waals surface area contributed by atoms with E-state index in [-0.39, 0.29) is 6.04 Å². The Labute approximate surface area is 128 Å². The van der Waals surface area contributed by atoms with Crippen molar-refractivity contribution in [1.82, 2.24) is 5.32 Å². The molecule has 110 valence electrons. The lowest BCUT2D eigenvalue weighted by molar-refractivity contribution is 0.419. The number of hydrogen-bond acceptors (Lipinski definition) is 1. The molecule has 1 unspecified atom stereocenters. The Morgan fingerprint density at radius 3 is 2.29 bits per heavy atom. The molecule has 1 atom stereocenters. The molecule has 2 aromatic rings. The molecule has 0 heterocycles. The summed E-state index contributed by atoms with van der Waals surface area (Å²) in [7, 11) is 2.05. The quantitative estimate of drug-likeness (QED) is 0.841. The zero-order valence-electron chi connectivity index (χ0n) is 13.3. The van der Waals surface area contributed by atoms with Crippen molar-refractivity contribution in [2.75, 3.05) is 7.05 Å². The summed E-state index contributed by atoms with van der Waals surface area (Å²) in [5, 5.41) is 3.48. The van der Waals surface area contributed by atoms with Crippen LogP contribution in [0, 0.1) is 13.8 Å². The summed E-state index contributed by atoms with van der Waals surface area (Å²) < 4.78 is 0. The molecule has 0 bridgehead atoms. The van der Waals surface area contributed by atoms with Crippen LogP contribution in [0.4, 0.5) is 0 Å². The second kappa shape index (κ2) is 6.03. The van der Waals surface area contributed by atoms with Gasteiger partial charge in [-0.15, -0.1) is 0 Å². The predicted molar refractivity (Wildman–Crippen MR) is 89.9 cm³/mol. The van der Waals surface area contributed by atoms with Crippen LogP contribution in [0.5, 0.6) is 0 Å². The lowest BCUT2D eigenvalue weighted by Crippen LogP contribution is -2.19. The van der Waals surface area contributed by atoms with Gasteiger partial charge >= 0.3 is 0 Å². The van der Waals surface area contributed by atoms with E-state index in [0.717, 1.165) is 5.92 Å². The first-order valence-corrected chi connectivity index (χ1v) is 8.03. The SMILES string of the molecule is CNC(c1ccc(C2CCC2)cc1)c1cc(C)ccc1C. The summed E-state index contributed by atoms with van der Waals surface area (Å²) in [5.41, 5.74) is 6.92. The van der Waals surface area contributed by atoms with Crippen LogP contribution in [-0.4, -0.2) is 7.05 Å². The van der Waals surface area contributed by atoms with Gasteiger partial charge in [0.05, 0.1) is 6.04 Å². The van der Waals surface area contributed by atoms with E-state index in [1.165, 1.54) is 47.1 Å². The van der Waals surface area contributed by atoms with E-state index in [4.69, 9.17) is 0 Å². The van der Waals surface area contributed by atoms with Gasteiger partial charge in [0.15, 0.2) is 0 Å². The first-order chi connectivity index (χ1) is 10.2. The molecular weight excluding hydrogens is 254 g/mol. The van der Waals surface area contributed by atoms with Gasteiger partial charge in [-0.3, -0.25) is 0 Å². The zero-order valence-corrected chi connectivity index (χ0v) is 13.3. The standard InChI is InChI=1S/C20H25N/c1-14-7-8-15(2)19(13-14)20(21-3)18-11-9-17(10-12-18)16-5-4-6-16/h7-13,16,20-21H,4-6H2,1-3H3. The lowest BCUT2D eigenvalue weighted by atomic mass is 9.79.